The first-order chi connectivity index (χ1) is 12.0. The molecule has 0 bridgehead atoms. The molecule has 0 aliphatic carbocycles. The van der Waals surface area contributed by atoms with Crippen molar-refractivity contribution in [3.63, 3.8) is 0 Å². The van der Waals surface area contributed by atoms with E-state index in [1.807, 2.05) is 0 Å². The Morgan fingerprint density at radius 1 is 1.16 bits per heavy atom. The number of ether oxygens (including phenoxy) is 2. The highest BCUT2D eigenvalue weighted by molar-refractivity contribution is 5.89. The van der Waals surface area contributed by atoms with Gasteiger partial charge >= 0.3 is 5.97 Å². The molecule has 0 fully saturated rings. The van der Waals surface area contributed by atoms with Crippen molar-refractivity contribution >= 4 is 5.97 Å². The van der Waals surface area contributed by atoms with E-state index in [4.69, 9.17) is 15.9 Å². The molecule has 0 amide bonds. The molecule has 1 atom stereocenters. The Balaban J connectivity index is 2.46. The van der Waals surface area contributed by atoms with E-state index in [1.54, 1.807) is 31.4 Å². The van der Waals surface area contributed by atoms with E-state index in [0.717, 1.165) is 19.3 Å². The van der Waals surface area contributed by atoms with Crippen molar-refractivity contribution in [2.45, 2.75) is 52.6 Å². The molecule has 0 saturated heterocycles. The predicted molar refractivity (Wildman–Crippen MR) is 103 cm³/mol. The minimum Gasteiger partial charge on any atom is -0.497 e. The smallest absolute Gasteiger partial charge is 0.339 e. The zero-order chi connectivity index (χ0) is 18.7. The van der Waals surface area contributed by atoms with Gasteiger partial charge in [0, 0.05) is 0 Å². The summed E-state index contributed by atoms with van der Waals surface area (Å²) in [5.41, 5.74) is 3.13. The summed E-state index contributed by atoms with van der Waals surface area (Å²) in [6.07, 6.45) is 12.9. The third kappa shape index (κ3) is 8.26. The van der Waals surface area contributed by atoms with Gasteiger partial charge in [0.1, 0.15) is 5.75 Å². The average molecular weight is 340 g/mol. The second-order valence-corrected chi connectivity index (χ2v) is 6.24. The highest BCUT2D eigenvalue weighted by Crippen LogP contribution is 2.15. The van der Waals surface area contributed by atoms with Crippen LogP contribution in [0.15, 0.2) is 47.6 Å². The number of terminal acetylenes is 1. The van der Waals surface area contributed by atoms with Crippen molar-refractivity contribution in [1.29, 1.82) is 0 Å². The molecule has 0 radical (unpaired) electrons. The maximum Gasteiger partial charge on any atom is 0.339 e. The number of allylic oxidation sites excluding steroid dienone is 4. The number of methoxy groups -OCH3 is 1. The molecule has 0 aliphatic heterocycles. The third-order valence-corrected chi connectivity index (χ3v) is 3.77. The molecule has 3 heteroatoms. The van der Waals surface area contributed by atoms with Gasteiger partial charge in [-0.05, 0) is 70.7 Å². The molecule has 25 heavy (non-hydrogen) atoms. The molecule has 0 aromatic heterocycles. The molecule has 0 N–H and O–H groups in total. The maximum atomic E-state index is 12.1. The molecule has 134 valence electrons. The van der Waals surface area contributed by atoms with Gasteiger partial charge in [-0.1, -0.05) is 29.2 Å². The van der Waals surface area contributed by atoms with Crippen LogP contribution in [0, 0.1) is 12.3 Å². The number of carbonyl (C=O) groups is 1. The summed E-state index contributed by atoms with van der Waals surface area (Å²) >= 11 is 0. The van der Waals surface area contributed by atoms with E-state index in [9.17, 15) is 4.79 Å². The van der Waals surface area contributed by atoms with E-state index in [-0.39, 0.29) is 0 Å². The van der Waals surface area contributed by atoms with Gasteiger partial charge in [-0.25, -0.2) is 4.79 Å². The van der Waals surface area contributed by atoms with Gasteiger partial charge < -0.3 is 9.47 Å². The van der Waals surface area contributed by atoms with Crippen molar-refractivity contribution in [1.82, 2.24) is 0 Å². The summed E-state index contributed by atoms with van der Waals surface area (Å²) in [5.74, 6) is 2.84. The van der Waals surface area contributed by atoms with Gasteiger partial charge in [0.25, 0.3) is 0 Å². The lowest BCUT2D eigenvalue weighted by Crippen LogP contribution is -2.16. The number of esters is 1. The first-order valence-electron chi connectivity index (χ1n) is 8.56. The first-order valence-corrected chi connectivity index (χ1v) is 8.56. The van der Waals surface area contributed by atoms with Gasteiger partial charge in [-0.15, -0.1) is 6.42 Å². The molecule has 1 rings (SSSR count). The maximum absolute atomic E-state index is 12.1. The lowest BCUT2D eigenvalue weighted by atomic mass is 10.1. The van der Waals surface area contributed by atoms with Gasteiger partial charge in [0.15, 0.2) is 6.10 Å². The Labute approximate surface area is 151 Å². The fourth-order valence-electron chi connectivity index (χ4n) is 2.27. The summed E-state index contributed by atoms with van der Waals surface area (Å²) in [7, 11) is 1.58. The average Bonchev–Trinajstić information content (AvgIpc) is 2.60. The summed E-state index contributed by atoms with van der Waals surface area (Å²) in [4.78, 5) is 12.1. The monoisotopic (exact) mass is 340 g/mol. The van der Waals surface area contributed by atoms with Crippen LogP contribution < -0.4 is 4.74 Å². The molecule has 1 aromatic rings. The second kappa shape index (κ2) is 11.1. The van der Waals surface area contributed by atoms with E-state index in [0.29, 0.717) is 17.7 Å². The summed E-state index contributed by atoms with van der Waals surface area (Å²) in [6, 6.07) is 6.78. The second-order valence-electron chi connectivity index (χ2n) is 6.24. The Morgan fingerprint density at radius 2 is 1.84 bits per heavy atom. The lowest BCUT2D eigenvalue weighted by Gasteiger charge is -2.12. The summed E-state index contributed by atoms with van der Waals surface area (Å²) in [5, 5.41) is 0. The highest BCUT2D eigenvalue weighted by Gasteiger charge is 2.13. The SMILES string of the molecule is C#CC(CC/C=C(\C)CCC=C(C)C)OC(=O)c1ccc(OC)cc1. The standard InChI is InChI=1S/C22H28O3/c1-6-20(12-8-11-18(4)10-7-9-17(2)3)25-22(23)19-13-15-21(24-5)16-14-19/h1,9,11,13-16,20H,7-8,10,12H2,2-5H3/b18-11+. The van der Waals surface area contributed by atoms with Crippen LogP contribution in [0.5, 0.6) is 5.75 Å². The van der Waals surface area contributed by atoms with E-state index in [2.05, 4.69) is 38.8 Å². The summed E-state index contributed by atoms with van der Waals surface area (Å²) < 4.78 is 10.5. The van der Waals surface area contributed by atoms with Crippen molar-refractivity contribution in [2.75, 3.05) is 7.11 Å². The van der Waals surface area contributed by atoms with Gasteiger partial charge in [0.2, 0.25) is 0 Å². The molecular weight excluding hydrogens is 312 g/mol. The lowest BCUT2D eigenvalue weighted by molar-refractivity contribution is 0.0399. The number of rotatable bonds is 9. The first kappa shape index (κ1) is 20.6. The molecule has 0 heterocycles. The molecule has 0 saturated carbocycles. The molecule has 3 nitrogen and oxygen atoms in total. The van der Waals surface area contributed by atoms with Crippen LogP contribution in [0.2, 0.25) is 0 Å². The molecule has 1 unspecified atom stereocenters. The van der Waals surface area contributed by atoms with E-state index >= 15 is 0 Å². The van der Waals surface area contributed by atoms with Crippen molar-refractivity contribution < 1.29 is 14.3 Å². The third-order valence-electron chi connectivity index (χ3n) is 3.77. The van der Waals surface area contributed by atoms with Crippen LogP contribution in [0.25, 0.3) is 0 Å². The van der Waals surface area contributed by atoms with Gasteiger partial charge in [-0.2, -0.15) is 0 Å². The van der Waals surface area contributed by atoms with Crippen LogP contribution in [0.4, 0.5) is 0 Å². The molecule has 0 spiro atoms. The van der Waals surface area contributed by atoms with Crippen molar-refractivity contribution in [2.24, 2.45) is 0 Å². The molecule has 0 aliphatic rings. The highest BCUT2D eigenvalue weighted by atomic mass is 16.5. The number of benzene rings is 1. The number of carbonyl (C=O) groups excluding carboxylic acids is 1. The topological polar surface area (TPSA) is 35.5 Å². The Morgan fingerprint density at radius 3 is 2.40 bits per heavy atom. The normalized spacial score (nSPS) is 12.0. The minimum absolute atomic E-state index is 0.408. The van der Waals surface area contributed by atoms with Crippen LogP contribution in [0.1, 0.15) is 56.8 Å². The van der Waals surface area contributed by atoms with Gasteiger partial charge in [0.05, 0.1) is 12.7 Å². The predicted octanol–water partition coefficient (Wildman–Crippen LogP) is 5.33. The zero-order valence-corrected chi connectivity index (χ0v) is 15.7. The Hall–Kier alpha value is -2.47. The largest absolute Gasteiger partial charge is 0.497 e. The van der Waals surface area contributed by atoms with E-state index in [1.165, 1.54) is 11.1 Å². The van der Waals surface area contributed by atoms with Crippen LogP contribution in [-0.2, 0) is 4.74 Å². The fraction of sp³-hybridized carbons (Fsp3) is 0.409. The van der Waals surface area contributed by atoms with Crippen molar-refractivity contribution in [3.8, 4) is 18.1 Å². The minimum atomic E-state index is -0.517. The Bertz CT molecular complexity index is 641. The molecular formula is C22H28O3. The quantitative estimate of drug-likeness (QED) is 0.346. The van der Waals surface area contributed by atoms with Gasteiger partial charge in [-0.3, -0.25) is 0 Å². The number of hydrogen-bond acceptors (Lipinski definition) is 3. The number of hydrogen-bond donors (Lipinski definition) is 0. The van der Waals surface area contributed by atoms with Crippen LogP contribution in [-0.4, -0.2) is 19.2 Å². The van der Waals surface area contributed by atoms with Crippen LogP contribution >= 0.6 is 0 Å². The van der Waals surface area contributed by atoms with Crippen LogP contribution in [0.3, 0.4) is 0 Å². The zero-order valence-electron chi connectivity index (χ0n) is 15.7. The Kier molecular flexibility index (Phi) is 9.17. The van der Waals surface area contributed by atoms with E-state index < -0.39 is 12.1 Å². The molecule has 1 aromatic carbocycles. The fourth-order valence-corrected chi connectivity index (χ4v) is 2.27. The summed E-state index contributed by atoms with van der Waals surface area (Å²) in [6.45, 7) is 6.33. The van der Waals surface area contributed by atoms with Crippen molar-refractivity contribution in [3.05, 3.63) is 53.1 Å².